The number of carbonyl (C=O) groups is 1. The van der Waals surface area contributed by atoms with Crippen LogP contribution in [-0.4, -0.2) is 48.7 Å². The van der Waals surface area contributed by atoms with Crippen molar-refractivity contribution in [3.8, 4) is 6.07 Å². The zero-order chi connectivity index (χ0) is 13.8. The Bertz CT molecular complexity index is 492. The van der Waals surface area contributed by atoms with Gasteiger partial charge in [-0.2, -0.15) is 5.26 Å². The van der Waals surface area contributed by atoms with Crippen LogP contribution in [0.4, 0.5) is 5.69 Å². The van der Waals surface area contributed by atoms with Crippen molar-refractivity contribution in [1.29, 1.82) is 5.26 Å². The number of aliphatic hydroxyl groups is 1. The first-order chi connectivity index (χ1) is 9.17. The highest BCUT2D eigenvalue weighted by atomic mass is 16.3. The number of hydrogen-bond donors (Lipinski definition) is 1. The van der Waals surface area contributed by atoms with E-state index >= 15 is 0 Å². The molecule has 1 aromatic carbocycles. The fraction of sp³-hybridized carbons (Fsp3) is 0.429. The van der Waals surface area contributed by atoms with Crippen LogP contribution in [0.25, 0.3) is 0 Å². The molecule has 1 heterocycles. The van der Waals surface area contributed by atoms with Crippen molar-refractivity contribution in [2.45, 2.75) is 12.5 Å². The summed E-state index contributed by atoms with van der Waals surface area (Å²) in [6, 6.07) is 8.52. The van der Waals surface area contributed by atoms with Gasteiger partial charge in [0.05, 0.1) is 18.2 Å². The van der Waals surface area contributed by atoms with Gasteiger partial charge in [-0.1, -0.05) is 0 Å². The molecular weight excluding hydrogens is 242 g/mol. The second-order valence-electron chi connectivity index (χ2n) is 4.68. The number of carbonyl (C=O) groups excluding carboxylic acids is 1. The quantitative estimate of drug-likeness (QED) is 0.844. The van der Waals surface area contributed by atoms with E-state index in [2.05, 4.69) is 6.07 Å². The first kappa shape index (κ1) is 13.5. The molecule has 1 aliphatic rings. The maximum atomic E-state index is 12.4. The summed E-state index contributed by atoms with van der Waals surface area (Å²) >= 11 is 0. The van der Waals surface area contributed by atoms with Gasteiger partial charge in [-0.05, 0) is 37.7 Å². The number of likely N-dealkylation sites (N-methyl/N-ethyl adjacent to an activating group) is 1. The van der Waals surface area contributed by atoms with Gasteiger partial charge in [0.25, 0.3) is 0 Å². The Morgan fingerprint density at radius 2 is 2.05 bits per heavy atom. The molecule has 0 aromatic heterocycles. The van der Waals surface area contributed by atoms with Gasteiger partial charge in [0.2, 0.25) is 5.91 Å². The zero-order valence-corrected chi connectivity index (χ0v) is 10.9. The molecule has 0 spiro atoms. The lowest BCUT2D eigenvalue weighted by Gasteiger charge is -2.26. The summed E-state index contributed by atoms with van der Waals surface area (Å²) in [4.78, 5) is 16.0. The van der Waals surface area contributed by atoms with E-state index in [1.54, 1.807) is 29.2 Å². The third-order valence-corrected chi connectivity index (χ3v) is 3.46. The van der Waals surface area contributed by atoms with Crippen LogP contribution in [0.2, 0.25) is 0 Å². The van der Waals surface area contributed by atoms with Crippen LogP contribution in [0.1, 0.15) is 12.0 Å². The molecule has 0 saturated carbocycles. The number of amides is 1. The summed E-state index contributed by atoms with van der Waals surface area (Å²) in [5.41, 5.74) is 1.35. The summed E-state index contributed by atoms with van der Waals surface area (Å²) in [6.07, 6.45) is 0.860. The third-order valence-electron chi connectivity index (χ3n) is 3.46. The Morgan fingerprint density at radius 1 is 1.37 bits per heavy atom. The maximum absolute atomic E-state index is 12.4. The van der Waals surface area contributed by atoms with Gasteiger partial charge in [0, 0.05) is 18.8 Å². The molecule has 0 radical (unpaired) electrons. The molecule has 19 heavy (non-hydrogen) atoms. The minimum absolute atomic E-state index is 0.0905. The predicted octanol–water partition coefficient (Wildman–Crippen LogP) is 0.588. The van der Waals surface area contributed by atoms with Crippen molar-refractivity contribution in [3.63, 3.8) is 0 Å². The lowest BCUT2D eigenvalue weighted by Crippen LogP contribution is -2.46. The predicted molar refractivity (Wildman–Crippen MR) is 71.6 cm³/mol. The van der Waals surface area contributed by atoms with E-state index in [0.717, 1.165) is 18.7 Å². The second kappa shape index (κ2) is 5.83. The number of nitriles is 1. The molecule has 1 saturated heterocycles. The second-order valence-corrected chi connectivity index (χ2v) is 4.68. The molecule has 0 aliphatic carbocycles. The van der Waals surface area contributed by atoms with Crippen LogP contribution >= 0.6 is 0 Å². The van der Waals surface area contributed by atoms with E-state index in [4.69, 9.17) is 5.26 Å². The first-order valence-electron chi connectivity index (χ1n) is 6.30. The van der Waals surface area contributed by atoms with Crippen molar-refractivity contribution in [2.24, 2.45) is 0 Å². The number of benzene rings is 1. The highest BCUT2D eigenvalue weighted by molar-refractivity contribution is 5.97. The standard InChI is InChI=1S/C14H17N3O2/c1-16-7-2-8-17(14(19)13(16)10-18)12-5-3-11(9-15)4-6-12/h3-6,13,18H,2,7-8,10H2,1H3. The van der Waals surface area contributed by atoms with Gasteiger partial charge in [-0.3, -0.25) is 9.69 Å². The Hall–Kier alpha value is -1.90. The smallest absolute Gasteiger partial charge is 0.246 e. The maximum Gasteiger partial charge on any atom is 0.246 e. The van der Waals surface area contributed by atoms with Gasteiger partial charge in [0.15, 0.2) is 0 Å². The minimum atomic E-state index is -0.488. The zero-order valence-electron chi connectivity index (χ0n) is 10.9. The Morgan fingerprint density at radius 3 is 2.63 bits per heavy atom. The largest absolute Gasteiger partial charge is 0.394 e. The van der Waals surface area contributed by atoms with Crippen molar-refractivity contribution in [3.05, 3.63) is 29.8 Å². The molecule has 5 heteroatoms. The van der Waals surface area contributed by atoms with E-state index in [9.17, 15) is 9.90 Å². The Balaban J connectivity index is 2.26. The van der Waals surface area contributed by atoms with Crippen molar-refractivity contribution >= 4 is 11.6 Å². The first-order valence-corrected chi connectivity index (χ1v) is 6.30. The molecule has 1 atom stereocenters. The highest BCUT2D eigenvalue weighted by Crippen LogP contribution is 2.20. The summed E-state index contributed by atoms with van der Waals surface area (Å²) < 4.78 is 0. The summed E-state index contributed by atoms with van der Waals surface area (Å²) in [5.74, 6) is -0.0905. The average molecular weight is 259 g/mol. The summed E-state index contributed by atoms with van der Waals surface area (Å²) in [5, 5.41) is 18.2. The number of nitrogens with zero attached hydrogens (tertiary/aromatic N) is 3. The minimum Gasteiger partial charge on any atom is -0.394 e. The van der Waals surface area contributed by atoms with E-state index < -0.39 is 6.04 Å². The molecule has 5 nitrogen and oxygen atoms in total. The Kier molecular flexibility index (Phi) is 4.15. The molecule has 1 fully saturated rings. The SMILES string of the molecule is CN1CCCN(c2ccc(C#N)cc2)C(=O)C1CO. The van der Waals surface area contributed by atoms with Crippen LogP contribution in [0.15, 0.2) is 24.3 Å². The van der Waals surface area contributed by atoms with Gasteiger partial charge in [-0.25, -0.2) is 0 Å². The normalized spacial score (nSPS) is 21.0. The third kappa shape index (κ3) is 2.75. The van der Waals surface area contributed by atoms with E-state index in [0.29, 0.717) is 12.1 Å². The van der Waals surface area contributed by atoms with Crippen LogP contribution in [0.5, 0.6) is 0 Å². The molecule has 1 aliphatic heterocycles. The number of anilines is 1. The molecule has 1 N–H and O–H groups in total. The average Bonchev–Trinajstić information content (AvgIpc) is 2.57. The molecule has 1 unspecified atom stereocenters. The topological polar surface area (TPSA) is 67.6 Å². The molecule has 1 aromatic rings. The number of hydrogen-bond acceptors (Lipinski definition) is 4. The van der Waals surface area contributed by atoms with E-state index in [-0.39, 0.29) is 12.5 Å². The van der Waals surface area contributed by atoms with Crippen LogP contribution in [-0.2, 0) is 4.79 Å². The van der Waals surface area contributed by atoms with Gasteiger partial charge in [0.1, 0.15) is 6.04 Å². The lowest BCUT2D eigenvalue weighted by molar-refractivity contribution is -0.123. The Labute approximate surface area is 112 Å². The number of rotatable bonds is 2. The van der Waals surface area contributed by atoms with Gasteiger partial charge in [-0.15, -0.1) is 0 Å². The van der Waals surface area contributed by atoms with Crippen LogP contribution < -0.4 is 4.90 Å². The van der Waals surface area contributed by atoms with Gasteiger partial charge >= 0.3 is 0 Å². The van der Waals surface area contributed by atoms with Crippen molar-refractivity contribution in [1.82, 2.24) is 4.90 Å². The van der Waals surface area contributed by atoms with E-state index in [1.807, 2.05) is 11.9 Å². The monoisotopic (exact) mass is 259 g/mol. The molecule has 0 bridgehead atoms. The molecule has 100 valence electrons. The van der Waals surface area contributed by atoms with Crippen molar-refractivity contribution in [2.75, 3.05) is 31.6 Å². The molecule has 2 rings (SSSR count). The van der Waals surface area contributed by atoms with E-state index in [1.165, 1.54) is 0 Å². The van der Waals surface area contributed by atoms with Crippen LogP contribution in [0, 0.1) is 11.3 Å². The van der Waals surface area contributed by atoms with Crippen molar-refractivity contribution < 1.29 is 9.90 Å². The van der Waals surface area contributed by atoms with Crippen LogP contribution in [0.3, 0.4) is 0 Å². The highest BCUT2D eigenvalue weighted by Gasteiger charge is 2.30. The van der Waals surface area contributed by atoms with Gasteiger partial charge < -0.3 is 10.0 Å². The fourth-order valence-electron chi connectivity index (χ4n) is 2.30. The fourth-order valence-corrected chi connectivity index (χ4v) is 2.30. The molecule has 1 amide bonds. The summed E-state index contributed by atoms with van der Waals surface area (Å²) in [6.45, 7) is 1.23. The molecular formula is C14H17N3O2. The summed E-state index contributed by atoms with van der Waals surface area (Å²) in [7, 11) is 1.85. The number of aliphatic hydroxyl groups excluding tert-OH is 1. The lowest BCUT2D eigenvalue weighted by atomic mass is 10.2.